The third-order valence-corrected chi connectivity index (χ3v) is 6.09. The molecule has 0 fully saturated rings. The minimum absolute atomic E-state index is 0.0279. The molecule has 2 N–H and O–H groups in total. The number of carbonyl (C=O) groups is 3. The summed E-state index contributed by atoms with van der Waals surface area (Å²) in [5, 5.41) is 12.0. The van der Waals surface area contributed by atoms with E-state index in [4.69, 9.17) is 4.74 Å². The summed E-state index contributed by atoms with van der Waals surface area (Å²) in [6.07, 6.45) is -0.0579. The number of alkyl carbamates (subject to hydrolysis) is 1. The number of nitrogens with one attached hydrogen (secondary N) is 1. The average Bonchev–Trinajstić information content (AvgIpc) is 3.08. The molecule has 0 radical (unpaired) electrons. The maximum Gasteiger partial charge on any atom is 0.407 e. The molecule has 2 aromatic carbocycles. The van der Waals surface area contributed by atoms with Crippen LogP contribution in [-0.4, -0.2) is 53.2 Å². The fourth-order valence-corrected chi connectivity index (χ4v) is 4.52. The van der Waals surface area contributed by atoms with Crippen molar-refractivity contribution in [1.82, 2.24) is 10.2 Å². The van der Waals surface area contributed by atoms with Gasteiger partial charge in [-0.1, -0.05) is 69.3 Å². The first-order chi connectivity index (χ1) is 16.4. The highest BCUT2D eigenvalue weighted by atomic mass is 16.5. The molecule has 35 heavy (non-hydrogen) atoms. The maximum atomic E-state index is 12.7. The van der Waals surface area contributed by atoms with E-state index in [1.807, 2.05) is 58.9 Å². The van der Waals surface area contributed by atoms with Crippen LogP contribution in [0.25, 0.3) is 11.1 Å². The molecule has 0 heterocycles. The van der Waals surface area contributed by atoms with Crippen LogP contribution in [0.2, 0.25) is 0 Å². The van der Waals surface area contributed by atoms with E-state index in [0.29, 0.717) is 13.0 Å². The lowest BCUT2D eigenvalue weighted by Gasteiger charge is -2.31. The summed E-state index contributed by atoms with van der Waals surface area (Å²) in [5.74, 6) is -1.32. The summed E-state index contributed by atoms with van der Waals surface area (Å²) in [7, 11) is 0. The Bertz CT molecular complexity index is 1040. The highest BCUT2D eigenvalue weighted by molar-refractivity contribution is 5.81. The smallest absolute Gasteiger partial charge is 0.407 e. The van der Waals surface area contributed by atoms with Crippen molar-refractivity contribution in [2.45, 2.75) is 58.9 Å². The Balaban J connectivity index is 1.56. The van der Waals surface area contributed by atoms with Crippen LogP contribution < -0.4 is 5.32 Å². The Morgan fingerprint density at radius 1 is 0.943 bits per heavy atom. The molecule has 0 atom stereocenters. The molecule has 1 aliphatic rings. The molecule has 0 aromatic heterocycles. The van der Waals surface area contributed by atoms with Crippen LogP contribution in [0.5, 0.6) is 0 Å². The first-order valence-corrected chi connectivity index (χ1v) is 12.0. The predicted molar refractivity (Wildman–Crippen MR) is 135 cm³/mol. The normalized spacial score (nSPS) is 13.1. The van der Waals surface area contributed by atoms with Crippen LogP contribution in [0.15, 0.2) is 48.5 Å². The number of carboxylic acids is 1. The van der Waals surface area contributed by atoms with E-state index < -0.39 is 17.6 Å². The molecule has 7 nitrogen and oxygen atoms in total. The fourth-order valence-electron chi connectivity index (χ4n) is 4.52. The number of ether oxygens (including phenoxy) is 1. The highest BCUT2D eigenvalue weighted by Gasteiger charge is 2.30. The summed E-state index contributed by atoms with van der Waals surface area (Å²) in [5.41, 5.74) is 3.69. The van der Waals surface area contributed by atoms with Crippen molar-refractivity contribution in [3.05, 3.63) is 59.7 Å². The molecule has 2 aromatic rings. The second-order valence-corrected chi connectivity index (χ2v) is 11.0. The summed E-state index contributed by atoms with van der Waals surface area (Å²) in [6, 6.07) is 16.3. The number of carboxylic acid groups (broad SMARTS) is 1. The quantitative estimate of drug-likeness (QED) is 0.524. The predicted octanol–water partition coefficient (Wildman–Crippen LogP) is 5.04. The molecule has 3 rings (SSSR count). The Kier molecular flexibility index (Phi) is 7.88. The van der Waals surface area contributed by atoms with Gasteiger partial charge < -0.3 is 20.1 Å². The van der Waals surface area contributed by atoms with Gasteiger partial charge in [0.15, 0.2) is 0 Å². The number of amides is 2. The van der Waals surface area contributed by atoms with Gasteiger partial charge in [-0.25, -0.2) is 4.79 Å². The Morgan fingerprint density at radius 3 is 2.00 bits per heavy atom. The SMILES string of the molecule is CC(C)(C)CN(CC(=O)O)C(=O)CCC(C)(C)NC(=O)OCC1c2ccccc2-c2ccccc21. The molecule has 0 saturated carbocycles. The standard InChI is InChI=1S/C28H36N2O5/c1-27(2,3)18-30(16-25(32)33)24(31)14-15-28(4,5)29-26(34)35-17-23-21-12-8-6-10-19(21)20-11-7-9-13-22(20)23/h6-13,23H,14-18H2,1-5H3,(H,29,34)(H,32,33). The number of benzene rings is 2. The molecule has 1 aliphatic carbocycles. The molecule has 0 bridgehead atoms. The summed E-state index contributed by atoms with van der Waals surface area (Å²) in [6.45, 7) is 9.74. The topological polar surface area (TPSA) is 95.9 Å². The molecule has 7 heteroatoms. The van der Waals surface area contributed by atoms with Crippen molar-refractivity contribution in [2.24, 2.45) is 5.41 Å². The summed E-state index contributed by atoms with van der Waals surface area (Å²) < 4.78 is 5.63. The molecular formula is C28H36N2O5. The van der Waals surface area contributed by atoms with E-state index in [1.54, 1.807) is 0 Å². The van der Waals surface area contributed by atoms with Gasteiger partial charge in [0.25, 0.3) is 0 Å². The molecule has 188 valence electrons. The van der Waals surface area contributed by atoms with Crippen molar-refractivity contribution in [3.8, 4) is 11.1 Å². The van der Waals surface area contributed by atoms with Gasteiger partial charge in [-0.15, -0.1) is 0 Å². The molecule has 0 aliphatic heterocycles. The molecule has 0 spiro atoms. The third kappa shape index (κ3) is 7.07. The van der Waals surface area contributed by atoms with E-state index in [9.17, 15) is 19.5 Å². The fraction of sp³-hybridized carbons (Fsp3) is 0.464. The molecular weight excluding hydrogens is 444 g/mol. The van der Waals surface area contributed by atoms with Gasteiger partial charge in [-0.3, -0.25) is 9.59 Å². The van der Waals surface area contributed by atoms with Crippen LogP contribution in [0.3, 0.4) is 0 Å². The van der Waals surface area contributed by atoms with E-state index in [1.165, 1.54) is 4.90 Å². The average molecular weight is 481 g/mol. The number of hydrogen-bond acceptors (Lipinski definition) is 4. The highest BCUT2D eigenvalue weighted by Crippen LogP contribution is 2.44. The summed E-state index contributed by atoms with van der Waals surface area (Å²) in [4.78, 5) is 38.0. The first kappa shape index (κ1) is 26.3. The molecule has 2 amide bonds. The zero-order valence-electron chi connectivity index (χ0n) is 21.3. The Hall–Kier alpha value is -3.35. The molecule has 0 saturated heterocycles. The van der Waals surface area contributed by atoms with Crippen molar-refractivity contribution >= 4 is 18.0 Å². The van der Waals surface area contributed by atoms with E-state index >= 15 is 0 Å². The third-order valence-electron chi connectivity index (χ3n) is 6.09. The van der Waals surface area contributed by atoms with Crippen LogP contribution in [-0.2, 0) is 14.3 Å². The van der Waals surface area contributed by atoms with Gasteiger partial charge in [-0.2, -0.15) is 0 Å². The molecule has 0 unspecified atom stereocenters. The van der Waals surface area contributed by atoms with Gasteiger partial charge in [0.05, 0.1) is 0 Å². The van der Waals surface area contributed by atoms with Gasteiger partial charge >= 0.3 is 12.1 Å². The van der Waals surface area contributed by atoms with Crippen LogP contribution in [0.1, 0.15) is 64.5 Å². The number of nitrogens with zero attached hydrogens (tertiary/aromatic N) is 1. The number of hydrogen-bond donors (Lipinski definition) is 2. The van der Waals surface area contributed by atoms with Crippen LogP contribution >= 0.6 is 0 Å². The lowest BCUT2D eigenvalue weighted by atomic mass is 9.94. The van der Waals surface area contributed by atoms with Crippen molar-refractivity contribution in [3.63, 3.8) is 0 Å². The lowest BCUT2D eigenvalue weighted by molar-refractivity contribution is -0.145. The monoisotopic (exact) mass is 480 g/mol. The first-order valence-electron chi connectivity index (χ1n) is 12.0. The lowest BCUT2D eigenvalue weighted by Crippen LogP contribution is -2.46. The second-order valence-electron chi connectivity index (χ2n) is 11.0. The Labute approximate surface area is 207 Å². The summed E-state index contributed by atoms with van der Waals surface area (Å²) >= 11 is 0. The minimum atomic E-state index is -1.04. The van der Waals surface area contributed by atoms with Crippen molar-refractivity contribution < 1.29 is 24.2 Å². The number of fused-ring (bicyclic) bond motifs is 3. The van der Waals surface area contributed by atoms with E-state index in [-0.39, 0.29) is 36.8 Å². The zero-order chi connectivity index (χ0) is 25.8. The van der Waals surface area contributed by atoms with Gasteiger partial charge in [0, 0.05) is 24.4 Å². The van der Waals surface area contributed by atoms with Crippen molar-refractivity contribution in [1.29, 1.82) is 0 Å². The van der Waals surface area contributed by atoms with E-state index in [0.717, 1.165) is 22.3 Å². The van der Waals surface area contributed by atoms with Gasteiger partial charge in [-0.05, 0) is 47.9 Å². The minimum Gasteiger partial charge on any atom is -0.480 e. The van der Waals surface area contributed by atoms with Crippen molar-refractivity contribution in [2.75, 3.05) is 19.7 Å². The number of rotatable bonds is 9. The van der Waals surface area contributed by atoms with Crippen LogP contribution in [0, 0.1) is 5.41 Å². The van der Waals surface area contributed by atoms with Crippen LogP contribution in [0.4, 0.5) is 4.79 Å². The number of aliphatic carboxylic acids is 1. The second kappa shape index (κ2) is 10.5. The van der Waals surface area contributed by atoms with Gasteiger partial charge in [0.1, 0.15) is 13.2 Å². The van der Waals surface area contributed by atoms with E-state index in [2.05, 4.69) is 29.6 Å². The zero-order valence-corrected chi connectivity index (χ0v) is 21.3. The largest absolute Gasteiger partial charge is 0.480 e. The Morgan fingerprint density at radius 2 is 1.49 bits per heavy atom. The maximum absolute atomic E-state index is 12.7. The van der Waals surface area contributed by atoms with Gasteiger partial charge in [0.2, 0.25) is 5.91 Å². The number of carbonyl (C=O) groups excluding carboxylic acids is 2.